The van der Waals surface area contributed by atoms with E-state index in [1.54, 1.807) is 0 Å². The van der Waals surface area contributed by atoms with Crippen LogP contribution < -0.4 is 0 Å². The summed E-state index contributed by atoms with van der Waals surface area (Å²) in [5, 5.41) is 0. The fourth-order valence-electron chi connectivity index (χ4n) is 0. The molecule has 0 unspecified atom stereocenters. The van der Waals surface area contributed by atoms with Crippen LogP contribution in [0, 0.1) is 0 Å². The third-order valence-electron chi connectivity index (χ3n) is 0. The molecule has 0 aliphatic rings. The number of hydrogen-bond acceptors (Lipinski definition) is 0. The smallest absolute Gasteiger partial charge is 0 e. The van der Waals surface area contributed by atoms with Gasteiger partial charge in [-0.15, -0.1) is 0 Å². The zero-order chi connectivity index (χ0) is 0. The van der Waals surface area contributed by atoms with E-state index in [-0.39, 0.29) is 73.0 Å². The standard InChI is InChI=1S/Al.Co.Nb.Ni.3H. The molecule has 30 valence electrons. The van der Waals surface area contributed by atoms with E-state index >= 15 is 0 Å². The van der Waals surface area contributed by atoms with Gasteiger partial charge in [0.25, 0.3) is 0 Å². The largest absolute Gasteiger partial charge is 0.187 e. The van der Waals surface area contributed by atoms with Crippen LogP contribution >= 0.6 is 0 Å². The molecule has 0 spiro atoms. The van der Waals surface area contributed by atoms with E-state index in [9.17, 15) is 0 Å². The minimum atomic E-state index is 0. The molecule has 0 amide bonds. The summed E-state index contributed by atoms with van der Waals surface area (Å²) in [5.41, 5.74) is 0. The van der Waals surface area contributed by atoms with Crippen LogP contribution in [0.5, 0.6) is 0 Å². The molecule has 0 bridgehead atoms. The Hall–Kier alpha value is 2.27. The van der Waals surface area contributed by atoms with Crippen molar-refractivity contribution in [1.29, 1.82) is 0 Å². The average molecular weight is 241 g/mol. The second kappa shape index (κ2) is 18.6. The van der Waals surface area contributed by atoms with Gasteiger partial charge in [-0.25, -0.2) is 0 Å². The van der Waals surface area contributed by atoms with Crippen molar-refractivity contribution in [3.8, 4) is 0 Å². The molecule has 0 aromatic carbocycles. The topological polar surface area (TPSA) is 0 Å². The molecule has 0 aliphatic carbocycles. The molecule has 2 radical (unpaired) electrons. The fraction of sp³-hybridized carbons (Fsp3) is 0. The monoisotopic (exact) mass is 240 g/mol. The molecule has 0 nitrogen and oxygen atoms in total. The van der Waals surface area contributed by atoms with E-state index in [1.807, 2.05) is 0 Å². The summed E-state index contributed by atoms with van der Waals surface area (Å²) in [5.74, 6) is 0. The summed E-state index contributed by atoms with van der Waals surface area (Å²) in [6.45, 7) is 0. The van der Waals surface area contributed by atoms with Crippen molar-refractivity contribution in [3.63, 3.8) is 0 Å². The zero-order valence-electron chi connectivity index (χ0n) is 1.10. The predicted molar refractivity (Wildman–Crippen MR) is 9.94 cm³/mol. The summed E-state index contributed by atoms with van der Waals surface area (Å²) in [4.78, 5) is 0. The van der Waals surface area contributed by atoms with Gasteiger partial charge in [-0.2, -0.15) is 0 Å². The summed E-state index contributed by atoms with van der Waals surface area (Å²) in [6.07, 6.45) is 0. The van der Waals surface area contributed by atoms with E-state index in [4.69, 9.17) is 0 Å². The molecule has 0 rings (SSSR count). The first kappa shape index (κ1) is 33.8. The quantitative estimate of drug-likeness (QED) is 0.467. The minimum absolute atomic E-state index is 0. The van der Waals surface area contributed by atoms with E-state index in [0.29, 0.717) is 0 Å². The molecular formula is H3AlCoNbNi. The predicted octanol–water partition coefficient (Wildman–Crippen LogP) is -1.19. The van der Waals surface area contributed by atoms with Crippen molar-refractivity contribution in [1.82, 2.24) is 0 Å². The van der Waals surface area contributed by atoms with Gasteiger partial charge < -0.3 is 0 Å². The Labute approximate surface area is 72.2 Å². The van der Waals surface area contributed by atoms with Crippen molar-refractivity contribution in [2.24, 2.45) is 0 Å². The zero-order valence-corrected chi connectivity index (χ0v) is 5.32. The van der Waals surface area contributed by atoms with Crippen molar-refractivity contribution < 1.29 is 55.7 Å². The third kappa shape index (κ3) is 8.86. The number of hydrogen-bond donors (Lipinski definition) is 0. The van der Waals surface area contributed by atoms with Gasteiger partial charge in [0.05, 0.1) is 0 Å². The summed E-state index contributed by atoms with van der Waals surface area (Å²) in [6, 6.07) is 0. The van der Waals surface area contributed by atoms with Gasteiger partial charge in [0.1, 0.15) is 0 Å². The Morgan fingerprint density at radius 1 is 1.00 bits per heavy atom. The fourth-order valence-corrected chi connectivity index (χ4v) is 0. The maximum absolute atomic E-state index is 0. The molecule has 0 aromatic rings. The van der Waals surface area contributed by atoms with Crippen molar-refractivity contribution >= 4 is 17.4 Å². The minimum Gasteiger partial charge on any atom is 0 e. The van der Waals surface area contributed by atoms with Gasteiger partial charge >= 0.3 is 0 Å². The van der Waals surface area contributed by atoms with Gasteiger partial charge in [0, 0.05) is 55.7 Å². The van der Waals surface area contributed by atoms with Crippen LogP contribution in [-0.2, 0) is 55.7 Å². The Balaban J connectivity index is 0. The van der Waals surface area contributed by atoms with Crippen LogP contribution in [0.3, 0.4) is 0 Å². The van der Waals surface area contributed by atoms with Crippen molar-refractivity contribution in [2.75, 3.05) is 0 Å². The van der Waals surface area contributed by atoms with Gasteiger partial charge in [0.2, 0.25) is 0 Å². The van der Waals surface area contributed by atoms with Gasteiger partial charge in [-0.1, -0.05) is 0 Å². The first-order valence-corrected chi connectivity index (χ1v) is 0. The maximum atomic E-state index is 0. The SMILES string of the molecule is [AlH3].[Co].[Nb].[Ni]. The van der Waals surface area contributed by atoms with E-state index in [1.165, 1.54) is 0 Å². The Morgan fingerprint density at radius 3 is 1.00 bits per heavy atom. The second-order valence-electron chi connectivity index (χ2n) is 0. The Bertz CT molecular complexity index is 8.00. The summed E-state index contributed by atoms with van der Waals surface area (Å²) < 4.78 is 0. The molecule has 0 aliphatic heterocycles. The van der Waals surface area contributed by atoms with Crippen LogP contribution in [0.25, 0.3) is 0 Å². The molecular weight excluding hydrogens is 238 g/mol. The average Bonchev–Trinajstić information content (AvgIpc) is 0. The van der Waals surface area contributed by atoms with Gasteiger partial charge in [0.15, 0.2) is 17.4 Å². The molecule has 0 N–H and O–H groups in total. The third-order valence-corrected chi connectivity index (χ3v) is 0. The Morgan fingerprint density at radius 2 is 1.00 bits per heavy atom. The molecule has 0 fully saturated rings. The van der Waals surface area contributed by atoms with E-state index < -0.39 is 0 Å². The Kier molecular flexibility index (Phi) is 157. The summed E-state index contributed by atoms with van der Waals surface area (Å²) >= 11 is 0. The molecule has 0 aromatic heterocycles. The molecule has 0 heterocycles. The van der Waals surface area contributed by atoms with E-state index in [2.05, 4.69) is 0 Å². The van der Waals surface area contributed by atoms with Crippen LogP contribution in [0.4, 0.5) is 0 Å². The van der Waals surface area contributed by atoms with Gasteiger partial charge in [-0.05, 0) is 0 Å². The summed E-state index contributed by atoms with van der Waals surface area (Å²) in [7, 11) is 0. The maximum Gasteiger partial charge on any atom is 0.187 e. The first-order chi connectivity index (χ1) is 0. The molecule has 4 heavy (non-hydrogen) atoms. The number of rotatable bonds is 0. The van der Waals surface area contributed by atoms with Gasteiger partial charge in [-0.3, -0.25) is 0 Å². The van der Waals surface area contributed by atoms with Crippen LogP contribution in [-0.4, -0.2) is 17.4 Å². The molecule has 0 saturated carbocycles. The van der Waals surface area contributed by atoms with Crippen molar-refractivity contribution in [2.45, 2.75) is 0 Å². The molecule has 0 atom stereocenters. The van der Waals surface area contributed by atoms with Crippen LogP contribution in [0.2, 0.25) is 0 Å². The molecule has 4 heteroatoms. The van der Waals surface area contributed by atoms with Crippen LogP contribution in [0.15, 0.2) is 0 Å². The first-order valence-electron chi connectivity index (χ1n) is 0. The van der Waals surface area contributed by atoms with E-state index in [0.717, 1.165) is 0 Å². The normalized spacial score (nSPS) is 0. The second-order valence-corrected chi connectivity index (χ2v) is 0. The molecule has 0 saturated heterocycles. The van der Waals surface area contributed by atoms with Crippen LogP contribution in [0.1, 0.15) is 0 Å². The van der Waals surface area contributed by atoms with Crippen molar-refractivity contribution in [3.05, 3.63) is 0 Å².